The highest BCUT2D eigenvalue weighted by Gasteiger charge is 2.23. The molecule has 0 fully saturated rings. The summed E-state index contributed by atoms with van der Waals surface area (Å²) >= 11 is 0. The van der Waals surface area contributed by atoms with Crippen LogP contribution >= 0.6 is 0 Å². The second kappa shape index (κ2) is 4.60. The summed E-state index contributed by atoms with van der Waals surface area (Å²) in [6.45, 7) is 3.43. The molecule has 0 aliphatic rings. The highest BCUT2D eigenvalue weighted by Crippen LogP contribution is 2.27. The highest BCUT2D eigenvalue weighted by molar-refractivity contribution is 5.67. The number of rotatable bonds is 4. The Hall–Kier alpha value is -1.45. The van der Waals surface area contributed by atoms with Gasteiger partial charge in [-0.15, -0.1) is 0 Å². The molecule has 4 heteroatoms. The standard InChI is InChI=1S/C12H14F2O2/c1-12(2,7-11(15)16)6-8-5-9(13)3-4-10(8)14/h3-5H,6-7H2,1-2H3,(H,15,16). The number of halogens is 2. The summed E-state index contributed by atoms with van der Waals surface area (Å²) in [5, 5.41) is 8.68. The van der Waals surface area contributed by atoms with E-state index in [0.717, 1.165) is 18.2 Å². The zero-order chi connectivity index (χ0) is 12.3. The third-order valence-electron chi connectivity index (χ3n) is 2.31. The molecule has 2 nitrogen and oxygen atoms in total. The maximum atomic E-state index is 13.3. The van der Waals surface area contributed by atoms with E-state index in [1.807, 2.05) is 0 Å². The molecule has 1 rings (SSSR count). The van der Waals surface area contributed by atoms with Gasteiger partial charge in [0.05, 0.1) is 6.42 Å². The molecular formula is C12H14F2O2. The van der Waals surface area contributed by atoms with Crippen LogP contribution < -0.4 is 0 Å². The number of hydrogen-bond acceptors (Lipinski definition) is 1. The van der Waals surface area contributed by atoms with Crippen LogP contribution in [0.15, 0.2) is 18.2 Å². The van der Waals surface area contributed by atoms with Gasteiger partial charge < -0.3 is 5.11 Å². The third-order valence-corrected chi connectivity index (χ3v) is 2.31. The Morgan fingerprint density at radius 2 is 2.00 bits per heavy atom. The van der Waals surface area contributed by atoms with E-state index in [0.29, 0.717) is 0 Å². The first-order valence-corrected chi connectivity index (χ1v) is 4.96. The van der Waals surface area contributed by atoms with Crippen molar-refractivity contribution < 1.29 is 18.7 Å². The first-order chi connectivity index (χ1) is 7.30. The van der Waals surface area contributed by atoms with Gasteiger partial charge in [-0.2, -0.15) is 0 Å². The number of carboxylic acid groups (broad SMARTS) is 1. The van der Waals surface area contributed by atoms with Crippen molar-refractivity contribution in [1.82, 2.24) is 0 Å². The van der Waals surface area contributed by atoms with Gasteiger partial charge in [-0.3, -0.25) is 4.79 Å². The first kappa shape index (κ1) is 12.6. The first-order valence-electron chi connectivity index (χ1n) is 4.96. The van der Waals surface area contributed by atoms with E-state index in [4.69, 9.17) is 5.11 Å². The van der Waals surface area contributed by atoms with Gasteiger partial charge in [-0.05, 0) is 35.6 Å². The number of carboxylic acids is 1. The molecule has 1 aromatic carbocycles. The Balaban J connectivity index is 2.86. The molecule has 0 heterocycles. The van der Waals surface area contributed by atoms with Gasteiger partial charge in [0.1, 0.15) is 11.6 Å². The minimum atomic E-state index is -0.943. The van der Waals surface area contributed by atoms with E-state index >= 15 is 0 Å². The minimum Gasteiger partial charge on any atom is -0.481 e. The third kappa shape index (κ3) is 3.61. The van der Waals surface area contributed by atoms with Crippen LogP contribution in [0, 0.1) is 17.0 Å². The van der Waals surface area contributed by atoms with Gasteiger partial charge in [0, 0.05) is 0 Å². The Morgan fingerprint density at radius 3 is 2.56 bits per heavy atom. The largest absolute Gasteiger partial charge is 0.481 e. The van der Waals surface area contributed by atoms with E-state index in [2.05, 4.69) is 0 Å². The molecular weight excluding hydrogens is 214 g/mol. The van der Waals surface area contributed by atoms with Crippen LogP contribution in [0.4, 0.5) is 8.78 Å². The normalized spacial score (nSPS) is 11.5. The van der Waals surface area contributed by atoms with Crippen molar-refractivity contribution in [2.24, 2.45) is 5.41 Å². The molecule has 0 aliphatic heterocycles. The van der Waals surface area contributed by atoms with Gasteiger partial charge in [-0.1, -0.05) is 13.8 Å². The smallest absolute Gasteiger partial charge is 0.303 e. The van der Waals surface area contributed by atoms with E-state index in [9.17, 15) is 13.6 Å². The van der Waals surface area contributed by atoms with E-state index in [1.165, 1.54) is 0 Å². The van der Waals surface area contributed by atoms with E-state index in [1.54, 1.807) is 13.8 Å². The maximum Gasteiger partial charge on any atom is 0.303 e. The molecule has 0 spiro atoms. The van der Waals surface area contributed by atoms with Crippen molar-refractivity contribution in [2.45, 2.75) is 26.7 Å². The van der Waals surface area contributed by atoms with Crippen LogP contribution in [0.2, 0.25) is 0 Å². The molecule has 0 unspecified atom stereocenters. The fraction of sp³-hybridized carbons (Fsp3) is 0.417. The molecule has 0 atom stereocenters. The molecule has 0 aromatic heterocycles. The Kier molecular flexibility index (Phi) is 3.62. The predicted octanol–water partition coefficient (Wildman–Crippen LogP) is 3.01. The quantitative estimate of drug-likeness (QED) is 0.860. The molecule has 1 N–H and O–H groups in total. The van der Waals surface area contributed by atoms with Crippen LogP contribution in [0.3, 0.4) is 0 Å². The summed E-state index contributed by atoms with van der Waals surface area (Å²) in [6, 6.07) is 3.21. The maximum absolute atomic E-state index is 13.3. The zero-order valence-electron chi connectivity index (χ0n) is 9.26. The van der Waals surface area contributed by atoms with E-state index < -0.39 is 23.0 Å². The van der Waals surface area contributed by atoms with Crippen LogP contribution in [0.25, 0.3) is 0 Å². The monoisotopic (exact) mass is 228 g/mol. The molecule has 0 amide bonds. The van der Waals surface area contributed by atoms with Crippen LogP contribution in [0.1, 0.15) is 25.8 Å². The molecule has 0 saturated heterocycles. The van der Waals surface area contributed by atoms with Crippen molar-refractivity contribution >= 4 is 5.97 Å². The topological polar surface area (TPSA) is 37.3 Å². The zero-order valence-corrected chi connectivity index (χ0v) is 9.26. The van der Waals surface area contributed by atoms with Gasteiger partial charge in [-0.25, -0.2) is 8.78 Å². The van der Waals surface area contributed by atoms with Crippen LogP contribution in [-0.2, 0) is 11.2 Å². The Morgan fingerprint density at radius 1 is 1.38 bits per heavy atom. The fourth-order valence-corrected chi connectivity index (χ4v) is 1.67. The second-order valence-corrected chi connectivity index (χ2v) is 4.65. The lowest BCUT2D eigenvalue weighted by Crippen LogP contribution is -2.20. The SMILES string of the molecule is CC(C)(CC(=O)O)Cc1cc(F)ccc1F. The molecule has 0 aliphatic carbocycles. The summed E-state index contributed by atoms with van der Waals surface area (Å²) in [6.07, 6.45) is 0.117. The average molecular weight is 228 g/mol. The lowest BCUT2D eigenvalue weighted by molar-refractivity contribution is -0.139. The molecule has 0 saturated carbocycles. The summed E-state index contributed by atoms with van der Waals surface area (Å²) in [5.74, 6) is -1.95. The summed E-state index contributed by atoms with van der Waals surface area (Å²) < 4.78 is 26.2. The molecule has 0 radical (unpaired) electrons. The molecule has 1 aromatic rings. The van der Waals surface area contributed by atoms with Gasteiger partial charge in [0.15, 0.2) is 0 Å². The van der Waals surface area contributed by atoms with Crippen molar-refractivity contribution in [3.63, 3.8) is 0 Å². The fourth-order valence-electron chi connectivity index (χ4n) is 1.67. The van der Waals surface area contributed by atoms with Gasteiger partial charge >= 0.3 is 5.97 Å². The van der Waals surface area contributed by atoms with Crippen molar-refractivity contribution in [1.29, 1.82) is 0 Å². The minimum absolute atomic E-state index is 0.0804. The van der Waals surface area contributed by atoms with Crippen LogP contribution in [0.5, 0.6) is 0 Å². The van der Waals surface area contributed by atoms with Crippen molar-refractivity contribution in [3.8, 4) is 0 Å². The number of benzene rings is 1. The molecule has 0 bridgehead atoms. The van der Waals surface area contributed by atoms with Crippen molar-refractivity contribution in [2.75, 3.05) is 0 Å². The van der Waals surface area contributed by atoms with Crippen molar-refractivity contribution in [3.05, 3.63) is 35.4 Å². The summed E-state index contributed by atoms with van der Waals surface area (Å²) in [4.78, 5) is 10.6. The number of hydrogen-bond donors (Lipinski definition) is 1. The highest BCUT2D eigenvalue weighted by atomic mass is 19.1. The number of aliphatic carboxylic acids is 1. The van der Waals surface area contributed by atoms with Gasteiger partial charge in [0.25, 0.3) is 0 Å². The average Bonchev–Trinajstić information content (AvgIpc) is 2.08. The Labute approximate surface area is 92.9 Å². The number of carbonyl (C=O) groups is 1. The lowest BCUT2D eigenvalue weighted by atomic mass is 9.82. The lowest BCUT2D eigenvalue weighted by Gasteiger charge is -2.22. The van der Waals surface area contributed by atoms with Crippen LogP contribution in [-0.4, -0.2) is 11.1 Å². The Bertz CT molecular complexity index is 400. The summed E-state index contributed by atoms with van der Waals surface area (Å²) in [5.41, 5.74) is -0.383. The predicted molar refractivity (Wildman–Crippen MR) is 56.1 cm³/mol. The molecule has 16 heavy (non-hydrogen) atoms. The second-order valence-electron chi connectivity index (χ2n) is 4.65. The van der Waals surface area contributed by atoms with E-state index in [-0.39, 0.29) is 18.4 Å². The summed E-state index contributed by atoms with van der Waals surface area (Å²) in [7, 11) is 0. The molecule has 88 valence electrons. The van der Waals surface area contributed by atoms with Gasteiger partial charge in [0.2, 0.25) is 0 Å².